The zero-order valence-electron chi connectivity index (χ0n) is 8.25. The predicted octanol–water partition coefficient (Wildman–Crippen LogP) is 2.96. The summed E-state index contributed by atoms with van der Waals surface area (Å²) in [5.41, 5.74) is -0.273. The van der Waals surface area contributed by atoms with E-state index in [9.17, 15) is 9.18 Å². The van der Waals surface area contributed by atoms with Crippen LogP contribution in [0.1, 0.15) is 24.2 Å². The fraction of sp³-hybridized carbons (Fsp3) is 0.300. The summed E-state index contributed by atoms with van der Waals surface area (Å²) >= 11 is 5.54. The molecule has 0 aromatic heterocycles. The minimum absolute atomic E-state index is 0.0417. The van der Waals surface area contributed by atoms with E-state index in [-0.39, 0.29) is 17.4 Å². The van der Waals surface area contributed by atoms with Crippen molar-refractivity contribution >= 4 is 17.6 Å². The quantitative estimate of drug-likeness (QED) is 0.872. The SMILES string of the molecule is CC(C)Oc1ccc(C(=O)O)c(Cl)c1F. The number of halogens is 2. The molecule has 0 spiro atoms. The van der Waals surface area contributed by atoms with E-state index in [4.69, 9.17) is 21.4 Å². The molecule has 5 heteroatoms. The van der Waals surface area contributed by atoms with Crippen LogP contribution < -0.4 is 4.74 Å². The van der Waals surface area contributed by atoms with Gasteiger partial charge in [0.1, 0.15) is 0 Å². The van der Waals surface area contributed by atoms with E-state index in [0.29, 0.717) is 0 Å². The molecule has 0 radical (unpaired) electrons. The Morgan fingerprint density at radius 2 is 2.13 bits per heavy atom. The predicted molar refractivity (Wildman–Crippen MR) is 54.1 cm³/mol. The lowest BCUT2D eigenvalue weighted by molar-refractivity contribution is 0.0696. The maximum absolute atomic E-state index is 13.5. The Balaban J connectivity index is 3.15. The summed E-state index contributed by atoms with van der Waals surface area (Å²) < 4.78 is 18.6. The maximum Gasteiger partial charge on any atom is 0.337 e. The summed E-state index contributed by atoms with van der Waals surface area (Å²) in [6.07, 6.45) is -0.203. The first kappa shape index (κ1) is 11.8. The van der Waals surface area contributed by atoms with Gasteiger partial charge in [0, 0.05) is 0 Å². The lowest BCUT2D eigenvalue weighted by Crippen LogP contribution is -2.08. The number of benzene rings is 1. The molecule has 1 aromatic carbocycles. The molecule has 0 saturated heterocycles. The van der Waals surface area contributed by atoms with Crippen molar-refractivity contribution in [1.82, 2.24) is 0 Å². The minimum Gasteiger partial charge on any atom is -0.488 e. The van der Waals surface area contributed by atoms with Crippen molar-refractivity contribution in [2.75, 3.05) is 0 Å². The van der Waals surface area contributed by atoms with Gasteiger partial charge in [-0.2, -0.15) is 0 Å². The van der Waals surface area contributed by atoms with Crippen LogP contribution in [0.25, 0.3) is 0 Å². The van der Waals surface area contributed by atoms with Gasteiger partial charge < -0.3 is 9.84 Å². The smallest absolute Gasteiger partial charge is 0.337 e. The van der Waals surface area contributed by atoms with Crippen LogP contribution in [0.2, 0.25) is 5.02 Å². The number of rotatable bonds is 3. The van der Waals surface area contributed by atoms with Gasteiger partial charge in [0.15, 0.2) is 11.6 Å². The van der Waals surface area contributed by atoms with Gasteiger partial charge in [0.25, 0.3) is 0 Å². The first-order chi connectivity index (χ1) is 6.93. The first-order valence-corrected chi connectivity index (χ1v) is 4.69. The largest absolute Gasteiger partial charge is 0.488 e. The summed E-state index contributed by atoms with van der Waals surface area (Å²) in [5.74, 6) is -2.15. The molecule has 0 unspecified atom stereocenters. The Hall–Kier alpha value is -1.29. The molecule has 3 nitrogen and oxygen atoms in total. The van der Waals surface area contributed by atoms with Gasteiger partial charge in [-0.15, -0.1) is 0 Å². The standard InChI is InChI=1S/C10H10ClFO3/c1-5(2)15-7-4-3-6(10(13)14)8(11)9(7)12/h3-5H,1-2H3,(H,13,14). The van der Waals surface area contributed by atoms with E-state index in [1.165, 1.54) is 12.1 Å². The minimum atomic E-state index is -1.27. The second-order valence-corrected chi connectivity index (χ2v) is 3.59. The van der Waals surface area contributed by atoms with Gasteiger partial charge in [-0.05, 0) is 26.0 Å². The molecule has 1 N–H and O–H groups in total. The van der Waals surface area contributed by atoms with Gasteiger partial charge in [-0.1, -0.05) is 11.6 Å². The van der Waals surface area contributed by atoms with Crippen LogP contribution in [-0.4, -0.2) is 17.2 Å². The van der Waals surface area contributed by atoms with Crippen LogP contribution in [0.4, 0.5) is 4.39 Å². The molecule has 1 rings (SSSR count). The Kier molecular flexibility index (Phi) is 3.52. The molecule has 0 aliphatic carbocycles. The summed E-state index contributed by atoms with van der Waals surface area (Å²) in [7, 11) is 0. The second-order valence-electron chi connectivity index (χ2n) is 3.21. The molecule has 82 valence electrons. The number of ether oxygens (including phenoxy) is 1. The highest BCUT2D eigenvalue weighted by Gasteiger charge is 2.17. The van der Waals surface area contributed by atoms with E-state index in [2.05, 4.69) is 0 Å². The van der Waals surface area contributed by atoms with E-state index in [1.54, 1.807) is 13.8 Å². The monoisotopic (exact) mass is 232 g/mol. The summed E-state index contributed by atoms with van der Waals surface area (Å²) in [5, 5.41) is 8.24. The van der Waals surface area contributed by atoms with Gasteiger partial charge >= 0.3 is 5.97 Å². The molecule has 0 fully saturated rings. The van der Waals surface area contributed by atoms with Crippen molar-refractivity contribution in [3.63, 3.8) is 0 Å². The lowest BCUT2D eigenvalue weighted by atomic mass is 10.2. The molecule has 0 aliphatic rings. The highest BCUT2D eigenvalue weighted by Crippen LogP contribution is 2.28. The average molecular weight is 233 g/mol. The van der Waals surface area contributed by atoms with Gasteiger partial charge in [0.05, 0.1) is 16.7 Å². The van der Waals surface area contributed by atoms with Crippen molar-refractivity contribution in [3.05, 3.63) is 28.5 Å². The zero-order valence-corrected chi connectivity index (χ0v) is 9.01. The number of hydrogen-bond acceptors (Lipinski definition) is 2. The van der Waals surface area contributed by atoms with Crippen LogP contribution in [0.15, 0.2) is 12.1 Å². The molecule has 0 aliphatic heterocycles. The van der Waals surface area contributed by atoms with Gasteiger partial charge in [0.2, 0.25) is 0 Å². The number of carbonyl (C=O) groups is 1. The molecular weight excluding hydrogens is 223 g/mol. The number of hydrogen-bond donors (Lipinski definition) is 1. The number of aromatic carboxylic acids is 1. The zero-order chi connectivity index (χ0) is 11.6. The molecule has 1 aromatic rings. The van der Waals surface area contributed by atoms with Crippen LogP contribution in [0, 0.1) is 5.82 Å². The highest BCUT2D eigenvalue weighted by atomic mass is 35.5. The van der Waals surface area contributed by atoms with Crippen LogP contribution >= 0.6 is 11.6 Å². The molecule has 0 saturated carbocycles. The second kappa shape index (κ2) is 4.49. The van der Waals surface area contributed by atoms with Crippen LogP contribution in [0.5, 0.6) is 5.75 Å². The third kappa shape index (κ3) is 2.59. The lowest BCUT2D eigenvalue weighted by Gasteiger charge is -2.11. The average Bonchev–Trinajstić information content (AvgIpc) is 2.12. The van der Waals surface area contributed by atoms with Crippen molar-refractivity contribution in [2.45, 2.75) is 20.0 Å². The molecule has 15 heavy (non-hydrogen) atoms. The maximum atomic E-state index is 13.5. The fourth-order valence-electron chi connectivity index (χ4n) is 1.04. The normalized spacial score (nSPS) is 10.5. The molecular formula is C10H10ClFO3. The Bertz CT molecular complexity index is 390. The Morgan fingerprint density at radius 3 is 2.60 bits per heavy atom. The van der Waals surface area contributed by atoms with Crippen LogP contribution in [0.3, 0.4) is 0 Å². The highest BCUT2D eigenvalue weighted by molar-refractivity contribution is 6.33. The van der Waals surface area contributed by atoms with Gasteiger partial charge in [-0.25, -0.2) is 9.18 Å². The number of carboxylic acid groups (broad SMARTS) is 1. The summed E-state index contributed by atoms with van der Waals surface area (Å²) in [6, 6.07) is 2.47. The third-order valence-electron chi connectivity index (χ3n) is 1.64. The summed E-state index contributed by atoms with van der Waals surface area (Å²) in [4.78, 5) is 10.6. The van der Waals surface area contributed by atoms with E-state index in [1.807, 2.05) is 0 Å². The van der Waals surface area contributed by atoms with E-state index < -0.39 is 16.8 Å². The topological polar surface area (TPSA) is 46.5 Å². The number of carboxylic acids is 1. The van der Waals surface area contributed by atoms with E-state index >= 15 is 0 Å². The van der Waals surface area contributed by atoms with Crippen molar-refractivity contribution in [3.8, 4) is 5.75 Å². The fourth-order valence-corrected chi connectivity index (χ4v) is 1.28. The van der Waals surface area contributed by atoms with Crippen molar-refractivity contribution in [2.24, 2.45) is 0 Å². The van der Waals surface area contributed by atoms with Gasteiger partial charge in [-0.3, -0.25) is 0 Å². The summed E-state index contributed by atoms with van der Waals surface area (Å²) in [6.45, 7) is 3.47. The van der Waals surface area contributed by atoms with Crippen molar-refractivity contribution in [1.29, 1.82) is 0 Å². The van der Waals surface area contributed by atoms with Crippen LogP contribution in [-0.2, 0) is 0 Å². The molecule has 0 atom stereocenters. The molecule has 0 heterocycles. The van der Waals surface area contributed by atoms with Crippen molar-refractivity contribution < 1.29 is 19.0 Å². The Labute approximate surface area is 91.4 Å². The van der Waals surface area contributed by atoms with E-state index in [0.717, 1.165) is 0 Å². The first-order valence-electron chi connectivity index (χ1n) is 4.31. The molecule has 0 bridgehead atoms. The third-order valence-corrected chi connectivity index (χ3v) is 2.01. The Morgan fingerprint density at radius 1 is 1.53 bits per heavy atom. The molecule has 0 amide bonds.